The molecule has 0 aliphatic carbocycles. The molecule has 0 amide bonds. The van der Waals surface area contributed by atoms with Crippen molar-refractivity contribution in [2.75, 3.05) is 59.7 Å². The van der Waals surface area contributed by atoms with Gasteiger partial charge in [0.2, 0.25) is 21.8 Å². The first kappa shape index (κ1) is 24.1. The number of aromatic nitrogens is 3. The minimum Gasteiger partial charge on any atom is -0.416 e. The summed E-state index contributed by atoms with van der Waals surface area (Å²) < 4.78 is 39.2. The van der Waals surface area contributed by atoms with Gasteiger partial charge in [-0.05, 0) is 49.1 Å². The number of aliphatic hydroxyl groups excluding tert-OH is 1. The van der Waals surface area contributed by atoms with Gasteiger partial charge in [0.15, 0.2) is 0 Å². The van der Waals surface area contributed by atoms with E-state index in [1.165, 1.54) is 6.42 Å². The van der Waals surface area contributed by atoms with Crippen molar-refractivity contribution in [1.29, 1.82) is 0 Å². The molecule has 7 heterocycles. The SMILES string of the molecule is O=S(=O)(CCO)Nc1ccc2c(c1)N1CC(C1)OCCCCC1CN(C1)c1cc(ccn1)-c1nnc-2o1. The lowest BCUT2D eigenvalue weighted by molar-refractivity contribution is 0.0315. The first-order valence-corrected chi connectivity index (χ1v) is 14.3. The average molecular weight is 527 g/mol. The molecule has 11 nitrogen and oxygen atoms in total. The largest absolute Gasteiger partial charge is 0.416 e. The molecule has 2 fully saturated rings. The molecule has 8 bridgehead atoms. The van der Waals surface area contributed by atoms with E-state index in [4.69, 9.17) is 14.3 Å². The zero-order valence-corrected chi connectivity index (χ0v) is 21.2. The van der Waals surface area contributed by atoms with E-state index in [-0.39, 0.29) is 11.9 Å². The van der Waals surface area contributed by atoms with E-state index in [1.54, 1.807) is 24.4 Å². The second-order valence-electron chi connectivity index (χ2n) is 9.86. The fraction of sp³-hybridized carbons (Fsp3) is 0.480. The van der Waals surface area contributed by atoms with Crippen LogP contribution in [0.3, 0.4) is 0 Å². The summed E-state index contributed by atoms with van der Waals surface area (Å²) in [4.78, 5) is 8.93. The van der Waals surface area contributed by atoms with Crippen molar-refractivity contribution in [2.45, 2.75) is 25.4 Å². The fourth-order valence-corrected chi connectivity index (χ4v) is 5.85. The van der Waals surface area contributed by atoms with Gasteiger partial charge in [-0.25, -0.2) is 13.4 Å². The van der Waals surface area contributed by atoms with Gasteiger partial charge in [0.05, 0.1) is 35.4 Å². The van der Waals surface area contributed by atoms with Gasteiger partial charge in [-0.3, -0.25) is 4.72 Å². The maximum Gasteiger partial charge on any atom is 0.250 e. The highest BCUT2D eigenvalue weighted by Gasteiger charge is 2.32. The number of hydrogen-bond donors (Lipinski definition) is 2. The third kappa shape index (κ3) is 5.13. The number of anilines is 3. The quantitative estimate of drug-likeness (QED) is 0.522. The Labute approximate surface area is 215 Å². The molecule has 0 saturated carbocycles. The van der Waals surface area contributed by atoms with Crippen molar-refractivity contribution in [1.82, 2.24) is 15.2 Å². The molecule has 3 aromatic rings. The Morgan fingerprint density at radius 2 is 1.86 bits per heavy atom. The number of hydrogen-bond acceptors (Lipinski definition) is 10. The molecule has 0 radical (unpaired) electrons. The summed E-state index contributed by atoms with van der Waals surface area (Å²) in [6.07, 6.45) is 5.26. The number of ether oxygens (including phenoxy) is 1. The van der Waals surface area contributed by atoms with Crippen molar-refractivity contribution in [3.05, 3.63) is 36.5 Å². The number of benzene rings is 1. The zero-order chi connectivity index (χ0) is 25.4. The number of nitrogens with one attached hydrogen (secondary N) is 1. The van der Waals surface area contributed by atoms with E-state index in [0.717, 1.165) is 49.6 Å². The Morgan fingerprint density at radius 1 is 1.03 bits per heavy atom. The van der Waals surface area contributed by atoms with Crippen molar-refractivity contribution < 1.29 is 22.7 Å². The van der Waals surface area contributed by atoms with E-state index in [9.17, 15) is 8.42 Å². The molecule has 37 heavy (non-hydrogen) atoms. The van der Waals surface area contributed by atoms with Gasteiger partial charge in [0.1, 0.15) is 5.82 Å². The highest BCUT2D eigenvalue weighted by atomic mass is 32.2. The van der Waals surface area contributed by atoms with Crippen LogP contribution in [-0.4, -0.2) is 80.0 Å². The number of nitrogens with zero attached hydrogens (tertiary/aromatic N) is 5. The van der Waals surface area contributed by atoms with Crippen molar-refractivity contribution >= 4 is 27.2 Å². The Kier molecular flexibility index (Phi) is 6.47. The monoisotopic (exact) mass is 526 g/mol. The summed E-state index contributed by atoms with van der Waals surface area (Å²) in [6, 6.07) is 9.04. The lowest BCUT2D eigenvalue weighted by atomic mass is 9.94. The molecule has 8 rings (SSSR count). The van der Waals surface area contributed by atoms with Crippen LogP contribution in [0.2, 0.25) is 0 Å². The second kappa shape index (κ2) is 9.92. The minimum atomic E-state index is -3.66. The predicted octanol–water partition coefficient (Wildman–Crippen LogP) is 2.36. The van der Waals surface area contributed by atoms with Crippen molar-refractivity contribution in [2.24, 2.45) is 5.92 Å². The molecule has 12 heteroatoms. The molecular formula is C25H30N6O5S. The summed E-state index contributed by atoms with van der Waals surface area (Å²) in [6.45, 7) is 3.66. The number of rotatable bonds is 4. The Hall–Kier alpha value is -3.22. The molecular weight excluding hydrogens is 496 g/mol. The average Bonchev–Trinajstić information content (AvgIpc) is 3.30. The predicted molar refractivity (Wildman–Crippen MR) is 139 cm³/mol. The molecule has 5 aliphatic rings. The highest BCUT2D eigenvalue weighted by molar-refractivity contribution is 7.92. The molecule has 0 atom stereocenters. The maximum atomic E-state index is 12.2. The van der Waals surface area contributed by atoms with Gasteiger partial charge >= 0.3 is 0 Å². The van der Waals surface area contributed by atoms with E-state index in [0.29, 0.717) is 42.0 Å². The molecule has 2 saturated heterocycles. The number of pyridine rings is 1. The third-order valence-corrected chi connectivity index (χ3v) is 8.38. The van der Waals surface area contributed by atoms with Crippen LogP contribution in [0, 0.1) is 5.92 Å². The summed E-state index contributed by atoms with van der Waals surface area (Å²) in [5.74, 6) is 1.96. The Morgan fingerprint density at radius 3 is 2.70 bits per heavy atom. The normalized spacial score (nSPS) is 21.5. The van der Waals surface area contributed by atoms with E-state index >= 15 is 0 Å². The second-order valence-corrected chi connectivity index (χ2v) is 11.7. The van der Waals surface area contributed by atoms with Gasteiger partial charge in [-0.1, -0.05) is 6.42 Å². The van der Waals surface area contributed by atoms with Crippen LogP contribution in [0.5, 0.6) is 0 Å². The highest BCUT2D eigenvalue weighted by Crippen LogP contribution is 2.37. The first-order valence-electron chi connectivity index (χ1n) is 12.6. The Balaban J connectivity index is 1.34. The zero-order valence-electron chi connectivity index (χ0n) is 20.4. The van der Waals surface area contributed by atoms with Crippen molar-refractivity contribution in [3.8, 4) is 22.9 Å². The number of sulfonamides is 1. The molecule has 0 spiro atoms. The summed E-state index contributed by atoms with van der Waals surface area (Å²) in [7, 11) is -3.66. The maximum absolute atomic E-state index is 12.2. The van der Waals surface area contributed by atoms with Crippen LogP contribution in [0.4, 0.5) is 17.2 Å². The molecule has 2 aromatic heterocycles. The first-order chi connectivity index (χ1) is 18.0. The van der Waals surface area contributed by atoms with Gasteiger partial charge in [-0.15, -0.1) is 10.2 Å². The summed E-state index contributed by atoms with van der Waals surface area (Å²) in [5, 5.41) is 17.7. The topological polar surface area (TPSA) is 134 Å². The minimum absolute atomic E-state index is 0.120. The smallest absolute Gasteiger partial charge is 0.250 e. The van der Waals surface area contributed by atoms with Crippen LogP contribution >= 0.6 is 0 Å². The molecule has 0 unspecified atom stereocenters. The van der Waals surface area contributed by atoms with Crippen LogP contribution < -0.4 is 14.5 Å². The van der Waals surface area contributed by atoms with Gasteiger partial charge in [0, 0.05) is 44.5 Å². The van der Waals surface area contributed by atoms with Crippen LogP contribution in [0.1, 0.15) is 19.3 Å². The van der Waals surface area contributed by atoms with Gasteiger partial charge < -0.3 is 24.1 Å². The lowest BCUT2D eigenvalue weighted by Crippen LogP contribution is -2.52. The van der Waals surface area contributed by atoms with E-state index in [2.05, 4.69) is 29.7 Å². The summed E-state index contributed by atoms with van der Waals surface area (Å²) >= 11 is 0. The van der Waals surface area contributed by atoms with E-state index < -0.39 is 16.6 Å². The van der Waals surface area contributed by atoms with Crippen LogP contribution in [-0.2, 0) is 14.8 Å². The van der Waals surface area contributed by atoms with Crippen LogP contribution in [0.15, 0.2) is 40.9 Å². The lowest BCUT2D eigenvalue weighted by Gasteiger charge is -2.41. The van der Waals surface area contributed by atoms with Crippen LogP contribution in [0.25, 0.3) is 22.9 Å². The molecule has 196 valence electrons. The standard InChI is InChI=1S/C25H30N6O5S/c32-8-10-37(33,34)29-19-4-5-21-22(12-19)30-15-20(16-30)35-9-2-1-3-17-13-31(14-17)23-11-18(6-7-26-23)24-27-28-25(21)36-24/h4-7,11-12,17,20,29,32H,1-3,8-10,13-16H2. The third-order valence-electron chi connectivity index (χ3n) is 7.11. The summed E-state index contributed by atoms with van der Waals surface area (Å²) in [5.41, 5.74) is 2.69. The molecule has 1 aromatic carbocycles. The van der Waals surface area contributed by atoms with E-state index in [1.807, 2.05) is 12.1 Å². The number of aliphatic hydroxyl groups is 1. The Bertz CT molecular complexity index is 1370. The molecule has 2 N–H and O–H groups in total. The fourth-order valence-electron chi connectivity index (χ4n) is 5.03. The van der Waals surface area contributed by atoms with Crippen molar-refractivity contribution in [3.63, 3.8) is 0 Å². The van der Waals surface area contributed by atoms with Gasteiger partial charge in [-0.2, -0.15) is 0 Å². The molecule has 5 aliphatic heterocycles. The van der Waals surface area contributed by atoms with Gasteiger partial charge in [0.25, 0.3) is 0 Å².